The minimum Gasteiger partial charge on any atom is -0.323 e. The minimum absolute atomic E-state index is 0.0324. The first-order chi connectivity index (χ1) is 5.43. The fraction of sp³-hybridized carbons (Fsp3) is 0.556. The maximum atomic E-state index is 6.04. The van der Waals surface area contributed by atoms with Crippen molar-refractivity contribution in [3.63, 3.8) is 0 Å². The van der Waals surface area contributed by atoms with Crippen molar-refractivity contribution in [2.24, 2.45) is 11.1 Å². The van der Waals surface area contributed by atoms with Gasteiger partial charge in [-0.3, -0.25) is 0 Å². The van der Waals surface area contributed by atoms with Crippen molar-refractivity contribution in [2.75, 3.05) is 0 Å². The van der Waals surface area contributed by atoms with E-state index in [9.17, 15) is 0 Å². The molecule has 0 saturated heterocycles. The molecule has 1 rings (SSSR count). The summed E-state index contributed by atoms with van der Waals surface area (Å²) in [5.74, 6) is 0. The Morgan fingerprint density at radius 2 is 2.08 bits per heavy atom. The van der Waals surface area contributed by atoms with Gasteiger partial charge in [0.15, 0.2) is 0 Å². The molecular formula is C9H14ClNS. The van der Waals surface area contributed by atoms with Gasteiger partial charge in [0.05, 0.1) is 5.02 Å². The molecule has 2 N–H and O–H groups in total. The van der Waals surface area contributed by atoms with Crippen LogP contribution in [0.25, 0.3) is 0 Å². The maximum absolute atomic E-state index is 6.04. The Balaban J connectivity index is 2.92. The molecule has 0 aliphatic heterocycles. The zero-order valence-corrected chi connectivity index (χ0v) is 9.17. The molecule has 1 unspecified atom stereocenters. The van der Waals surface area contributed by atoms with Crippen molar-refractivity contribution >= 4 is 22.9 Å². The van der Waals surface area contributed by atoms with E-state index in [0.717, 1.165) is 9.90 Å². The number of hydrogen-bond donors (Lipinski definition) is 1. The fourth-order valence-corrected chi connectivity index (χ4v) is 2.34. The topological polar surface area (TPSA) is 26.0 Å². The van der Waals surface area contributed by atoms with Gasteiger partial charge in [-0.15, -0.1) is 11.3 Å². The molecule has 1 atom stereocenters. The van der Waals surface area contributed by atoms with Crippen LogP contribution in [0.1, 0.15) is 31.7 Å². The Hall–Kier alpha value is -0.0500. The van der Waals surface area contributed by atoms with Crippen LogP contribution < -0.4 is 5.73 Å². The van der Waals surface area contributed by atoms with E-state index < -0.39 is 0 Å². The van der Waals surface area contributed by atoms with Crippen molar-refractivity contribution < 1.29 is 0 Å². The van der Waals surface area contributed by atoms with Gasteiger partial charge >= 0.3 is 0 Å². The molecule has 1 nitrogen and oxygen atoms in total. The van der Waals surface area contributed by atoms with Gasteiger partial charge in [0.1, 0.15) is 0 Å². The summed E-state index contributed by atoms with van der Waals surface area (Å²) in [6.45, 7) is 6.36. The Labute approximate surface area is 82.5 Å². The number of hydrogen-bond acceptors (Lipinski definition) is 2. The van der Waals surface area contributed by atoms with E-state index in [1.807, 2.05) is 11.4 Å². The molecule has 0 spiro atoms. The molecule has 0 amide bonds. The smallest absolute Gasteiger partial charge is 0.0561 e. The van der Waals surface area contributed by atoms with Crippen LogP contribution in [0.15, 0.2) is 11.4 Å². The third-order valence-corrected chi connectivity index (χ3v) is 3.30. The summed E-state index contributed by atoms with van der Waals surface area (Å²) in [7, 11) is 0. The lowest BCUT2D eigenvalue weighted by molar-refractivity contribution is 0.331. The van der Waals surface area contributed by atoms with Gasteiger partial charge in [0, 0.05) is 10.9 Å². The third kappa shape index (κ3) is 2.00. The highest BCUT2D eigenvalue weighted by Crippen LogP contribution is 2.37. The molecule has 0 aromatic carbocycles. The summed E-state index contributed by atoms with van der Waals surface area (Å²) >= 11 is 7.60. The van der Waals surface area contributed by atoms with Gasteiger partial charge in [-0.2, -0.15) is 0 Å². The first-order valence-corrected chi connectivity index (χ1v) is 5.17. The van der Waals surface area contributed by atoms with Crippen LogP contribution in [0.2, 0.25) is 5.02 Å². The summed E-state index contributed by atoms with van der Waals surface area (Å²) in [5, 5.41) is 2.77. The Morgan fingerprint density at radius 3 is 2.42 bits per heavy atom. The number of rotatable bonds is 1. The molecule has 1 heterocycles. The van der Waals surface area contributed by atoms with Crippen molar-refractivity contribution in [3.8, 4) is 0 Å². The minimum atomic E-state index is 0.0324. The molecular weight excluding hydrogens is 190 g/mol. The van der Waals surface area contributed by atoms with Gasteiger partial charge in [-0.05, 0) is 16.9 Å². The molecule has 0 aliphatic carbocycles. The van der Waals surface area contributed by atoms with E-state index in [2.05, 4.69) is 20.8 Å². The van der Waals surface area contributed by atoms with Gasteiger partial charge in [-0.1, -0.05) is 32.4 Å². The second-order valence-electron chi connectivity index (χ2n) is 3.98. The Bertz CT molecular complexity index is 262. The van der Waals surface area contributed by atoms with E-state index in [1.165, 1.54) is 0 Å². The molecule has 0 aliphatic rings. The van der Waals surface area contributed by atoms with Crippen LogP contribution in [-0.4, -0.2) is 0 Å². The summed E-state index contributed by atoms with van der Waals surface area (Å²) in [4.78, 5) is 1.09. The quantitative estimate of drug-likeness (QED) is 0.744. The zero-order chi connectivity index (χ0) is 9.35. The summed E-state index contributed by atoms with van der Waals surface area (Å²) in [6, 6.07) is 1.93. The van der Waals surface area contributed by atoms with Crippen molar-refractivity contribution in [1.82, 2.24) is 0 Å². The lowest BCUT2D eigenvalue weighted by Crippen LogP contribution is -2.25. The summed E-state index contributed by atoms with van der Waals surface area (Å²) < 4.78 is 0. The number of thiophene rings is 1. The van der Waals surface area contributed by atoms with Crippen molar-refractivity contribution in [2.45, 2.75) is 26.8 Å². The monoisotopic (exact) mass is 203 g/mol. The average Bonchev–Trinajstić information content (AvgIpc) is 2.31. The normalized spacial score (nSPS) is 14.8. The second kappa shape index (κ2) is 3.36. The SMILES string of the molecule is CC(C)(C)C(N)c1sccc1Cl. The molecule has 1 aromatic heterocycles. The summed E-state index contributed by atoms with van der Waals surface area (Å²) in [5.41, 5.74) is 6.12. The molecule has 68 valence electrons. The zero-order valence-electron chi connectivity index (χ0n) is 7.60. The van der Waals surface area contributed by atoms with Crippen molar-refractivity contribution in [3.05, 3.63) is 21.3 Å². The lowest BCUT2D eigenvalue weighted by atomic mass is 9.86. The largest absolute Gasteiger partial charge is 0.323 e. The predicted molar refractivity (Wildman–Crippen MR) is 55.7 cm³/mol. The predicted octanol–water partition coefficient (Wildman–Crippen LogP) is 3.45. The molecule has 0 radical (unpaired) electrons. The third-order valence-electron chi connectivity index (χ3n) is 1.86. The maximum Gasteiger partial charge on any atom is 0.0561 e. The lowest BCUT2D eigenvalue weighted by Gasteiger charge is -2.26. The Morgan fingerprint density at radius 1 is 1.50 bits per heavy atom. The van der Waals surface area contributed by atoms with Crippen LogP contribution in [0.3, 0.4) is 0 Å². The molecule has 0 saturated carbocycles. The molecule has 1 aromatic rings. The molecule has 12 heavy (non-hydrogen) atoms. The van der Waals surface area contributed by atoms with E-state index in [1.54, 1.807) is 11.3 Å². The van der Waals surface area contributed by atoms with Crippen molar-refractivity contribution in [1.29, 1.82) is 0 Å². The highest BCUT2D eigenvalue weighted by atomic mass is 35.5. The van der Waals surface area contributed by atoms with Crippen LogP contribution in [0, 0.1) is 5.41 Å². The molecule has 0 fully saturated rings. The first kappa shape index (κ1) is 10.0. The van der Waals surface area contributed by atoms with E-state index in [-0.39, 0.29) is 11.5 Å². The van der Waals surface area contributed by atoms with Gasteiger partial charge < -0.3 is 5.73 Å². The standard InChI is InChI=1S/C9H14ClNS/c1-9(2,3)8(11)7-6(10)4-5-12-7/h4-5,8H,11H2,1-3H3. The van der Waals surface area contributed by atoms with Gasteiger partial charge in [-0.25, -0.2) is 0 Å². The van der Waals surface area contributed by atoms with Gasteiger partial charge in [0.25, 0.3) is 0 Å². The van der Waals surface area contributed by atoms with E-state index in [0.29, 0.717) is 0 Å². The summed E-state index contributed by atoms with van der Waals surface area (Å²) in [6.07, 6.45) is 0. The number of nitrogens with two attached hydrogens (primary N) is 1. The second-order valence-corrected chi connectivity index (χ2v) is 5.33. The fourth-order valence-electron chi connectivity index (χ4n) is 0.921. The van der Waals surface area contributed by atoms with E-state index in [4.69, 9.17) is 17.3 Å². The number of halogens is 1. The van der Waals surface area contributed by atoms with Crippen LogP contribution in [0.5, 0.6) is 0 Å². The Kier molecular flexibility index (Phi) is 2.81. The van der Waals surface area contributed by atoms with Crippen LogP contribution >= 0.6 is 22.9 Å². The first-order valence-electron chi connectivity index (χ1n) is 3.91. The van der Waals surface area contributed by atoms with E-state index >= 15 is 0 Å². The highest BCUT2D eigenvalue weighted by Gasteiger charge is 2.24. The average molecular weight is 204 g/mol. The van der Waals surface area contributed by atoms with Crippen LogP contribution in [-0.2, 0) is 0 Å². The van der Waals surface area contributed by atoms with Crippen LogP contribution in [0.4, 0.5) is 0 Å². The molecule has 3 heteroatoms. The highest BCUT2D eigenvalue weighted by molar-refractivity contribution is 7.10. The van der Waals surface area contributed by atoms with Gasteiger partial charge in [0.2, 0.25) is 0 Å². The molecule has 0 bridgehead atoms.